The molecular weight excluding hydrogens is 166 g/mol. The van der Waals surface area contributed by atoms with Crippen molar-refractivity contribution in [2.24, 2.45) is 0 Å². The third-order valence-electron chi connectivity index (χ3n) is 2.52. The molecule has 1 saturated carbocycles. The maximum atomic E-state index is 5.72. The van der Waals surface area contributed by atoms with E-state index >= 15 is 0 Å². The van der Waals surface area contributed by atoms with Crippen LogP contribution in [0.3, 0.4) is 0 Å². The number of hydrogen-bond donors (Lipinski definition) is 1. The topological polar surface area (TPSA) is 61.0 Å². The molecule has 0 bridgehead atoms. The van der Waals surface area contributed by atoms with Crippen molar-refractivity contribution in [1.82, 2.24) is 10.2 Å². The lowest BCUT2D eigenvalue weighted by molar-refractivity contribution is 0.382. The predicted octanol–water partition coefficient (Wildman–Crippen LogP) is 1.33. The quantitative estimate of drug-likeness (QED) is 0.744. The van der Waals surface area contributed by atoms with Crippen LogP contribution in [0.5, 0.6) is 5.88 Å². The molecule has 1 fully saturated rings. The molecule has 0 spiro atoms. The molecule has 4 nitrogen and oxygen atoms in total. The first kappa shape index (κ1) is 8.29. The van der Waals surface area contributed by atoms with Gasteiger partial charge in [0.05, 0.1) is 18.5 Å². The van der Waals surface area contributed by atoms with Crippen molar-refractivity contribution >= 4 is 5.69 Å². The number of nitrogen functional groups attached to an aromatic ring is 1. The number of methoxy groups -OCH3 is 1. The lowest BCUT2D eigenvalue weighted by Gasteiger charge is -2.24. The zero-order valence-corrected chi connectivity index (χ0v) is 7.66. The summed E-state index contributed by atoms with van der Waals surface area (Å²) in [5.41, 5.74) is 7.31. The Kier molecular flexibility index (Phi) is 2.04. The molecule has 0 radical (unpaired) electrons. The summed E-state index contributed by atoms with van der Waals surface area (Å²) >= 11 is 0. The molecule has 2 N–H and O–H groups in total. The van der Waals surface area contributed by atoms with Crippen LogP contribution in [0.15, 0.2) is 6.07 Å². The lowest BCUT2D eigenvalue weighted by atomic mass is 9.83. The molecule has 0 amide bonds. The fourth-order valence-corrected chi connectivity index (χ4v) is 1.47. The van der Waals surface area contributed by atoms with E-state index in [4.69, 9.17) is 10.5 Å². The second-order valence-corrected chi connectivity index (χ2v) is 3.36. The fraction of sp³-hybridized carbons (Fsp3) is 0.556. The smallest absolute Gasteiger partial charge is 0.256 e. The van der Waals surface area contributed by atoms with E-state index in [1.54, 1.807) is 7.11 Å². The molecule has 1 aliphatic rings. The van der Waals surface area contributed by atoms with Crippen LogP contribution >= 0.6 is 0 Å². The van der Waals surface area contributed by atoms with Crippen LogP contribution in [-0.4, -0.2) is 17.3 Å². The molecule has 1 aromatic heterocycles. The zero-order valence-electron chi connectivity index (χ0n) is 7.66. The van der Waals surface area contributed by atoms with Crippen molar-refractivity contribution in [2.75, 3.05) is 12.8 Å². The van der Waals surface area contributed by atoms with Crippen LogP contribution in [0.4, 0.5) is 5.69 Å². The third-order valence-corrected chi connectivity index (χ3v) is 2.52. The summed E-state index contributed by atoms with van der Waals surface area (Å²) in [5.74, 6) is 0.990. The van der Waals surface area contributed by atoms with Crippen LogP contribution in [0.2, 0.25) is 0 Å². The van der Waals surface area contributed by atoms with Crippen molar-refractivity contribution in [2.45, 2.75) is 25.2 Å². The monoisotopic (exact) mass is 179 g/mol. The Bertz CT molecular complexity index is 310. The Morgan fingerprint density at radius 1 is 1.46 bits per heavy atom. The van der Waals surface area contributed by atoms with E-state index in [0.717, 1.165) is 5.69 Å². The normalized spacial score (nSPS) is 16.7. The second-order valence-electron chi connectivity index (χ2n) is 3.36. The highest BCUT2D eigenvalue weighted by Crippen LogP contribution is 2.36. The minimum atomic E-state index is 0.420. The highest BCUT2D eigenvalue weighted by molar-refractivity contribution is 5.48. The Morgan fingerprint density at radius 2 is 2.23 bits per heavy atom. The van der Waals surface area contributed by atoms with Crippen molar-refractivity contribution in [3.8, 4) is 5.88 Å². The van der Waals surface area contributed by atoms with Gasteiger partial charge in [-0.1, -0.05) is 6.42 Å². The minimum absolute atomic E-state index is 0.420. The number of aromatic nitrogens is 2. The number of hydrogen-bond acceptors (Lipinski definition) is 4. The molecule has 70 valence electrons. The summed E-state index contributed by atoms with van der Waals surface area (Å²) in [6, 6.07) is 1.87. The Balaban J connectivity index is 2.24. The predicted molar refractivity (Wildman–Crippen MR) is 49.6 cm³/mol. The Morgan fingerprint density at radius 3 is 2.69 bits per heavy atom. The average molecular weight is 179 g/mol. The molecular formula is C9H13N3O. The van der Waals surface area contributed by atoms with Crippen molar-refractivity contribution in [1.29, 1.82) is 0 Å². The maximum Gasteiger partial charge on any atom is 0.256 e. The summed E-state index contributed by atoms with van der Waals surface area (Å²) in [7, 11) is 1.55. The van der Waals surface area contributed by atoms with Gasteiger partial charge < -0.3 is 10.5 Å². The summed E-state index contributed by atoms with van der Waals surface area (Å²) < 4.78 is 4.93. The molecule has 1 heterocycles. The van der Waals surface area contributed by atoms with E-state index in [9.17, 15) is 0 Å². The lowest BCUT2D eigenvalue weighted by Crippen LogP contribution is -2.12. The van der Waals surface area contributed by atoms with Crippen LogP contribution in [0.25, 0.3) is 0 Å². The second kappa shape index (κ2) is 3.20. The van der Waals surface area contributed by atoms with E-state index in [1.807, 2.05) is 6.07 Å². The number of anilines is 1. The molecule has 4 heteroatoms. The van der Waals surface area contributed by atoms with Gasteiger partial charge in [0.15, 0.2) is 0 Å². The molecule has 0 unspecified atom stereocenters. The fourth-order valence-electron chi connectivity index (χ4n) is 1.47. The van der Waals surface area contributed by atoms with Crippen molar-refractivity contribution in [3.63, 3.8) is 0 Å². The van der Waals surface area contributed by atoms with Gasteiger partial charge in [-0.15, -0.1) is 5.10 Å². The standard InChI is InChI=1S/C9H13N3O/c1-13-9-7(10)5-8(11-12-9)6-3-2-4-6/h5-6H,2-4H2,1H3,(H2,10,11). The van der Waals surface area contributed by atoms with E-state index < -0.39 is 0 Å². The van der Waals surface area contributed by atoms with Gasteiger partial charge in [-0.05, 0) is 18.9 Å². The van der Waals surface area contributed by atoms with Gasteiger partial charge in [0, 0.05) is 5.92 Å². The number of nitrogens with two attached hydrogens (primary N) is 1. The van der Waals surface area contributed by atoms with Crippen molar-refractivity contribution in [3.05, 3.63) is 11.8 Å². The first-order valence-corrected chi connectivity index (χ1v) is 4.48. The molecule has 2 rings (SSSR count). The zero-order chi connectivity index (χ0) is 9.26. The van der Waals surface area contributed by atoms with Crippen LogP contribution in [-0.2, 0) is 0 Å². The first-order chi connectivity index (χ1) is 6.31. The molecule has 0 aromatic carbocycles. The van der Waals surface area contributed by atoms with Gasteiger partial charge in [-0.25, -0.2) is 0 Å². The van der Waals surface area contributed by atoms with Gasteiger partial charge in [0.25, 0.3) is 5.88 Å². The minimum Gasteiger partial charge on any atom is -0.478 e. The van der Waals surface area contributed by atoms with Gasteiger partial charge in [0.2, 0.25) is 0 Å². The highest BCUT2D eigenvalue weighted by Gasteiger charge is 2.22. The summed E-state index contributed by atoms with van der Waals surface area (Å²) in [6.07, 6.45) is 3.71. The van der Waals surface area contributed by atoms with Crippen LogP contribution in [0.1, 0.15) is 30.9 Å². The van der Waals surface area contributed by atoms with Gasteiger partial charge in [0.1, 0.15) is 0 Å². The Labute approximate surface area is 77.1 Å². The summed E-state index contributed by atoms with van der Waals surface area (Å²) in [5, 5.41) is 7.98. The maximum absolute atomic E-state index is 5.72. The van der Waals surface area contributed by atoms with Crippen molar-refractivity contribution < 1.29 is 4.74 Å². The number of nitrogens with zero attached hydrogens (tertiary/aromatic N) is 2. The molecule has 0 atom stereocenters. The Hall–Kier alpha value is -1.32. The molecule has 1 aromatic rings. The van der Waals surface area contributed by atoms with E-state index in [2.05, 4.69) is 10.2 Å². The number of rotatable bonds is 2. The summed E-state index contributed by atoms with van der Waals surface area (Å²) in [6.45, 7) is 0. The largest absolute Gasteiger partial charge is 0.478 e. The molecule has 0 aliphatic heterocycles. The van der Waals surface area contributed by atoms with Gasteiger partial charge in [-0.2, -0.15) is 5.10 Å². The third kappa shape index (κ3) is 1.43. The average Bonchev–Trinajstić information content (AvgIpc) is 2.01. The molecule has 13 heavy (non-hydrogen) atoms. The van der Waals surface area contributed by atoms with Crippen LogP contribution < -0.4 is 10.5 Å². The number of ether oxygens (including phenoxy) is 1. The van der Waals surface area contributed by atoms with Gasteiger partial charge >= 0.3 is 0 Å². The van der Waals surface area contributed by atoms with E-state index in [1.165, 1.54) is 19.3 Å². The van der Waals surface area contributed by atoms with E-state index in [0.29, 0.717) is 17.5 Å². The molecule has 1 aliphatic carbocycles. The van der Waals surface area contributed by atoms with Crippen LogP contribution in [0, 0.1) is 0 Å². The summed E-state index contributed by atoms with van der Waals surface area (Å²) in [4.78, 5) is 0. The molecule has 0 saturated heterocycles. The van der Waals surface area contributed by atoms with E-state index in [-0.39, 0.29) is 0 Å². The highest BCUT2D eigenvalue weighted by atomic mass is 16.5. The van der Waals surface area contributed by atoms with Gasteiger partial charge in [-0.3, -0.25) is 0 Å². The SMILES string of the molecule is COc1nnc(C2CCC2)cc1N. The first-order valence-electron chi connectivity index (χ1n) is 4.48.